The first kappa shape index (κ1) is 11.9. The molecule has 0 spiro atoms. The average Bonchev–Trinajstić information content (AvgIpc) is 2.26. The predicted molar refractivity (Wildman–Crippen MR) is 61.2 cm³/mol. The van der Waals surface area contributed by atoms with E-state index in [1.54, 1.807) is 14.2 Å². The van der Waals surface area contributed by atoms with Crippen LogP contribution in [0, 0.1) is 11.3 Å². The molecule has 0 aliphatic carbocycles. The number of nitriles is 1. The minimum atomic E-state index is 0.474. The third-order valence-electron chi connectivity index (χ3n) is 2.07. The lowest BCUT2D eigenvalue weighted by molar-refractivity contribution is 0.390. The Labute approximate surface area is 97.7 Å². The van der Waals surface area contributed by atoms with Gasteiger partial charge in [-0.3, -0.25) is 0 Å². The highest BCUT2D eigenvalue weighted by Gasteiger charge is 2.09. The average molecular weight is 270 g/mol. The summed E-state index contributed by atoms with van der Waals surface area (Å²) in [4.78, 5) is 0. The summed E-state index contributed by atoms with van der Waals surface area (Å²) < 4.78 is 11.3. The maximum Gasteiger partial charge on any atom is 0.126 e. The molecule has 15 heavy (non-hydrogen) atoms. The van der Waals surface area contributed by atoms with Crippen molar-refractivity contribution >= 4 is 15.9 Å². The lowest BCUT2D eigenvalue weighted by Gasteiger charge is -2.11. The second kappa shape index (κ2) is 5.62. The van der Waals surface area contributed by atoms with E-state index in [2.05, 4.69) is 22.0 Å². The summed E-state index contributed by atoms with van der Waals surface area (Å²) in [5.41, 5.74) is 1.000. The molecule has 0 aromatic heterocycles. The van der Waals surface area contributed by atoms with Crippen LogP contribution in [0.15, 0.2) is 16.6 Å². The van der Waals surface area contributed by atoms with Gasteiger partial charge in [-0.15, -0.1) is 0 Å². The Kier molecular flexibility index (Phi) is 4.44. The Morgan fingerprint density at radius 3 is 2.60 bits per heavy atom. The van der Waals surface area contributed by atoms with Crippen LogP contribution < -0.4 is 9.47 Å². The third-order valence-corrected chi connectivity index (χ3v) is 2.78. The van der Waals surface area contributed by atoms with Gasteiger partial charge in [-0.25, -0.2) is 0 Å². The molecule has 3 nitrogen and oxygen atoms in total. The fourth-order valence-electron chi connectivity index (χ4n) is 1.31. The van der Waals surface area contributed by atoms with Crippen LogP contribution in [0.1, 0.15) is 12.0 Å². The van der Waals surface area contributed by atoms with E-state index in [1.165, 1.54) is 0 Å². The molecule has 0 fully saturated rings. The summed E-state index contributed by atoms with van der Waals surface area (Å²) in [5, 5.41) is 8.55. The molecule has 0 radical (unpaired) electrons. The van der Waals surface area contributed by atoms with Gasteiger partial charge in [0, 0.05) is 22.5 Å². The second-order valence-electron chi connectivity index (χ2n) is 2.95. The van der Waals surface area contributed by atoms with E-state index >= 15 is 0 Å². The fraction of sp³-hybridized carbons (Fsp3) is 0.364. The van der Waals surface area contributed by atoms with Gasteiger partial charge in [0.2, 0.25) is 0 Å². The fourth-order valence-corrected chi connectivity index (χ4v) is 1.93. The second-order valence-corrected chi connectivity index (χ2v) is 3.80. The monoisotopic (exact) mass is 269 g/mol. The molecular formula is C11H12BrNO2. The van der Waals surface area contributed by atoms with E-state index in [1.807, 2.05) is 12.1 Å². The lowest BCUT2D eigenvalue weighted by Crippen LogP contribution is -1.95. The van der Waals surface area contributed by atoms with Crippen LogP contribution in [-0.2, 0) is 6.42 Å². The van der Waals surface area contributed by atoms with E-state index < -0.39 is 0 Å². The quantitative estimate of drug-likeness (QED) is 0.844. The summed E-state index contributed by atoms with van der Waals surface area (Å²) in [7, 11) is 3.22. The van der Waals surface area contributed by atoms with E-state index in [4.69, 9.17) is 14.7 Å². The van der Waals surface area contributed by atoms with Gasteiger partial charge in [0.05, 0.1) is 20.3 Å². The molecular weight excluding hydrogens is 258 g/mol. The Hall–Kier alpha value is -1.21. The largest absolute Gasteiger partial charge is 0.497 e. The van der Waals surface area contributed by atoms with Crippen molar-refractivity contribution in [3.05, 3.63) is 22.2 Å². The highest BCUT2D eigenvalue weighted by Crippen LogP contribution is 2.33. The number of benzene rings is 1. The van der Waals surface area contributed by atoms with Crippen molar-refractivity contribution in [1.82, 2.24) is 0 Å². The summed E-state index contributed by atoms with van der Waals surface area (Å²) in [6, 6.07) is 5.80. The minimum Gasteiger partial charge on any atom is -0.497 e. The van der Waals surface area contributed by atoms with Gasteiger partial charge < -0.3 is 9.47 Å². The summed E-state index contributed by atoms with van der Waals surface area (Å²) >= 11 is 3.44. The molecule has 4 heteroatoms. The van der Waals surface area contributed by atoms with Gasteiger partial charge in [0.25, 0.3) is 0 Å². The van der Waals surface area contributed by atoms with Crippen molar-refractivity contribution in [3.63, 3.8) is 0 Å². The highest BCUT2D eigenvalue weighted by atomic mass is 79.9. The topological polar surface area (TPSA) is 42.2 Å². The van der Waals surface area contributed by atoms with E-state index in [-0.39, 0.29) is 0 Å². The normalized spacial score (nSPS) is 9.47. The zero-order chi connectivity index (χ0) is 11.3. The zero-order valence-corrected chi connectivity index (χ0v) is 10.3. The van der Waals surface area contributed by atoms with Gasteiger partial charge in [0.1, 0.15) is 11.5 Å². The Morgan fingerprint density at radius 2 is 2.07 bits per heavy atom. The van der Waals surface area contributed by atoms with Crippen molar-refractivity contribution in [1.29, 1.82) is 5.26 Å². The first-order chi connectivity index (χ1) is 7.22. The van der Waals surface area contributed by atoms with Gasteiger partial charge in [-0.05, 0) is 12.5 Å². The van der Waals surface area contributed by atoms with Gasteiger partial charge >= 0.3 is 0 Å². The lowest BCUT2D eigenvalue weighted by atomic mass is 10.1. The maximum absolute atomic E-state index is 8.55. The molecule has 0 bridgehead atoms. The number of rotatable bonds is 4. The number of halogens is 1. The number of methoxy groups -OCH3 is 2. The predicted octanol–water partition coefficient (Wildman–Crippen LogP) is 2.92. The van der Waals surface area contributed by atoms with Crippen molar-refractivity contribution in [2.45, 2.75) is 12.8 Å². The zero-order valence-electron chi connectivity index (χ0n) is 8.71. The summed E-state index contributed by atoms with van der Waals surface area (Å²) in [5.74, 6) is 1.48. The van der Waals surface area contributed by atoms with Crippen molar-refractivity contribution in [3.8, 4) is 17.6 Å². The number of ether oxygens (including phenoxy) is 2. The molecule has 0 unspecified atom stereocenters. The standard InChI is InChI=1S/C11H12BrNO2/c1-14-8-6-10(12)9(4-3-5-13)11(7-8)15-2/h6-7H,3-4H2,1-2H3. The third kappa shape index (κ3) is 2.87. The smallest absolute Gasteiger partial charge is 0.126 e. The summed E-state index contributed by atoms with van der Waals surface area (Å²) in [6.45, 7) is 0. The Balaban J connectivity index is 3.08. The number of nitrogens with zero attached hydrogens (tertiary/aromatic N) is 1. The molecule has 1 rings (SSSR count). The number of hydrogen-bond acceptors (Lipinski definition) is 3. The molecule has 0 aliphatic rings. The van der Waals surface area contributed by atoms with E-state index in [0.717, 1.165) is 21.5 Å². The first-order valence-corrected chi connectivity index (χ1v) is 5.29. The molecule has 0 saturated carbocycles. The van der Waals surface area contributed by atoms with E-state index in [9.17, 15) is 0 Å². The van der Waals surface area contributed by atoms with Gasteiger partial charge in [-0.2, -0.15) is 5.26 Å². The molecule has 80 valence electrons. The van der Waals surface area contributed by atoms with Crippen LogP contribution in [-0.4, -0.2) is 14.2 Å². The molecule has 0 amide bonds. The van der Waals surface area contributed by atoms with Gasteiger partial charge in [0.15, 0.2) is 0 Å². The highest BCUT2D eigenvalue weighted by molar-refractivity contribution is 9.10. The number of hydrogen-bond donors (Lipinski definition) is 0. The van der Waals surface area contributed by atoms with Crippen molar-refractivity contribution in [2.24, 2.45) is 0 Å². The Bertz CT molecular complexity index is 385. The van der Waals surface area contributed by atoms with Gasteiger partial charge in [-0.1, -0.05) is 15.9 Å². The van der Waals surface area contributed by atoms with Crippen LogP contribution in [0.2, 0.25) is 0 Å². The maximum atomic E-state index is 8.55. The molecule has 1 aromatic carbocycles. The van der Waals surface area contributed by atoms with Crippen LogP contribution in [0.25, 0.3) is 0 Å². The first-order valence-electron chi connectivity index (χ1n) is 4.50. The van der Waals surface area contributed by atoms with Crippen LogP contribution in [0.5, 0.6) is 11.5 Å². The molecule has 0 heterocycles. The SMILES string of the molecule is COc1cc(Br)c(CCC#N)c(OC)c1. The Morgan fingerprint density at radius 1 is 1.33 bits per heavy atom. The van der Waals surface area contributed by atoms with Crippen LogP contribution >= 0.6 is 15.9 Å². The summed E-state index contributed by atoms with van der Waals surface area (Å²) in [6.07, 6.45) is 1.14. The molecule has 0 atom stereocenters. The molecule has 1 aromatic rings. The van der Waals surface area contributed by atoms with Crippen LogP contribution in [0.4, 0.5) is 0 Å². The molecule has 0 N–H and O–H groups in total. The molecule has 0 aliphatic heterocycles. The van der Waals surface area contributed by atoms with Crippen LogP contribution in [0.3, 0.4) is 0 Å². The van der Waals surface area contributed by atoms with E-state index in [0.29, 0.717) is 12.8 Å². The molecule has 0 saturated heterocycles. The van der Waals surface area contributed by atoms with Crippen molar-refractivity contribution in [2.75, 3.05) is 14.2 Å². The minimum absolute atomic E-state index is 0.474. The van der Waals surface area contributed by atoms with Crippen molar-refractivity contribution < 1.29 is 9.47 Å².